The third-order valence-electron chi connectivity index (χ3n) is 3.96. The molecule has 2 aromatic rings. The Balaban J connectivity index is 1.64. The smallest absolute Gasteiger partial charge is 0.341 e. The molecule has 1 fully saturated rings. The van der Waals surface area contributed by atoms with Crippen LogP contribution in [0, 0.1) is 5.82 Å². The van der Waals surface area contributed by atoms with Crippen molar-refractivity contribution in [2.45, 2.75) is 25.7 Å². The lowest BCUT2D eigenvalue weighted by molar-refractivity contribution is -0.119. The number of esters is 2. The van der Waals surface area contributed by atoms with Crippen molar-refractivity contribution in [3.05, 3.63) is 52.2 Å². The first-order valence-corrected chi connectivity index (χ1v) is 9.38. The van der Waals surface area contributed by atoms with E-state index in [2.05, 4.69) is 5.32 Å². The molecular weight excluding hydrogens is 373 g/mol. The van der Waals surface area contributed by atoms with Gasteiger partial charge in [-0.25, -0.2) is 14.0 Å². The summed E-state index contributed by atoms with van der Waals surface area (Å²) in [5.74, 6) is -2.13. The van der Waals surface area contributed by atoms with Crippen LogP contribution in [-0.2, 0) is 14.3 Å². The molecule has 6 nitrogen and oxygen atoms in total. The zero-order chi connectivity index (χ0) is 19.4. The van der Waals surface area contributed by atoms with Crippen molar-refractivity contribution in [1.29, 1.82) is 0 Å². The highest BCUT2D eigenvalue weighted by Crippen LogP contribution is 2.46. The van der Waals surface area contributed by atoms with Crippen LogP contribution in [0.1, 0.15) is 52.0 Å². The van der Waals surface area contributed by atoms with Crippen LogP contribution in [0.2, 0.25) is 0 Å². The highest BCUT2D eigenvalue weighted by molar-refractivity contribution is 7.15. The number of hydrogen-bond donors (Lipinski definition) is 1. The predicted octanol–water partition coefficient (Wildman–Crippen LogP) is 3.74. The molecular formula is C19H18FNO5S. The molecule has 3 rings (SSSR count). The molecule has 1 saturated carbocycles. The largest absolute Gasteiger partial charge is 0.462 e. The van der Waals surface area contributed by atoms with E-state index < -0.39 is 30.3 Å². The summed E-state index contributed by atoms with van der Waals surface area (Å²) in [6.45, 7) is 1.40. The summed E-state index contributed by atoms with van der Waals surface area (Å²) in [5.41, 5.74) is 1.27. The van der Waals surface area contributed by atoms with Gasteiger partial charge < -0.3 is 14.8 Å². The zero-order valence-electron chi connectivity index (χ0n) is 14.6. The molecule has 142 valence electrons. The molecule has 0 saturated heterocycles. The lowest BCUT2D eigenvalue weighted by atomic mass is 10.1. The predicted molar refractivity (Wildman–Crippen MR) is 97.6 cm³/mol. The SMILES string of the molecule is CCOC(=O)c1c(C2CC2)csc1NC(=O)COC(=O)c1cccc(F)c1. The van der Waals surface area contributed by atoms with Crippen molar-refractivity contribution in [2.24, 2.45) is 0 Å². The maximum atomic E-state index is 13.1. The van der Waals surface area contributed by atoms with Crippen LogP contribution in [0.15, 0.2) is 29.6 Å². The number of carbonyl (C=O) groups excluding carboxylic acids is 3. The molecule has 0 atom stereocenters. The molecule has 1 aliphatic rings. The van der Waals surface area contributed by atoms with E-state index in [9.17, 15) is 18.8 Å². The molecule has 0 aliphatic heterocycles. The average Bonchev–Trinajstić information content (AvgIpc) is 3.40. The standard InChI is InChI=1S/C19H18FNO5S/c1-2-25-19(24)16-14(11-6-7-11)10-27-17(16)21-15(22)9-26-18(23)12-4-3-5-13(20)8-12/h3-5,8,10-11H,2,6-7,9H2,1H3,(H,21,22). The number of thiophene rings is 1. The number of anilines is 1. The fraction of sp³-hybridized carbons (Fsp3) is 0.316. The van der Waals surface area contributed by atoms with Crippen molar-refractivity contribution in [3.8, 4) is 0 Å². The molecule has 1 N–H and O–H groups in total. The first-order valence-electron chi connectivity index (χ1n) is 8.50. The van der Waals surface area contributed by atoms with Crippen LogP contribution >= 0.6 is 11.3 Å². The van der Waals surface area contributed by atoms with Gasteiger partial charge in [0, 0.05) is 0 Å². The lowest BCUT2D eigenvalue weighted by Gasteiger charge is -2.09. The maximum Gasteiger partial charge on any atom is 0.341 e. The molecule has 0 spiro atoms. The van der Waals surface area contributed by atoms with Crippen molar-refractivity contribution in [3.63, 3.8) is 0 Å². The number of halogens is 1. The van der Waals surface area contributed by atoms with Crippen molar-refractivity contribution in [1.82, 2.24) is 0 Å². The molecule has 27 heavy (non-hydrogen) atoms. The molecule has 0 radical (unpaired) electrons. The van der Waals surface area contributed by atoms with E-state index >= 15 is 0 Å². The highest BCUT2D eigenvalue weighted by atomic mass is 32.1. The molecule has 0 bridgehead atoms. The Morgan fingerprint density at radius 2 is 2.00 bits per heavy atom. The summed E-state index contributed by atoms with van der Waals surface area (Å²) in [7, 11) is 0. The van der Waals surface area contributed by atoms with E-state index in [0.29, 0.717) is 16.5 Å². The van der Waals surface area contributed by atoms with Gasteiger partial charge in [0.25, 0.3) is 5.91 Å². The highest BCUT2D eigenvalue weighted by Gasteiger charge is 2.32. The lowest BCUT2D eigenvalue weighted by Crippen LogP contribution is -2.22. The van der Waals surface area contributed by atoms with Gasteiger partial charge in [0.1, 0.15) is 10.8 Å². The van der Waals surface area contributed by atoms with Gasteiger partial charge in [-0.2, -0.15) is 0 Å². The van der Waals surface area contributed by atoms with Gasteiger partial charge in [-0.1, -0.05) is 6.07 Å². The maximum absolute atomic E-state index is 13.1. The van der Waals surface area contributed by atoms with Crippen LogP contribution in [-0.4, -0.2) is 31.1 Å². The number of nitrogens with one attached hydrogen (secondary N) is 1. The fourth-order valence-electron chi connectivity index (χ4n) is 2.56. The Labute approximate surface area is 159 Å². The van der Waals surface area contributed by atoms with Crippen LogP contribution in [0.5, 0.6) is 0 Å². The Morgan fingerprint density at radius 3 is 2.67 bits per heavy atom. The van der Waals surface area contributed by atoms with Crippen molar-refractivity contribution < 1.29 is 28.2 Å². The third-order valence-corrected chi connectivity index (χ3v) is 4.88. The summed E-state index contributed by atoms with van der Waals surface area (Å²) < 4.78 is 23.1. The summed E-state index contributed by atoms with van der Waals surface area (Å²) in [4.78, 5) is 36.3. The summed E-state index contributed by atoms with van der Waals surface area (Å²) in [5, 5.41) is 4.82. The van der Waals surface area contributed by atoms with E-state index in [4.69, 9.17) is 9.47 Å². The number of rotatable bonds is 7. The Morgan fingerprint density at radius 1 is 1.22 bits per heavy atom. The minimum atomic E-state index is -0.805. The van der Waals surface area contributed by atoms with Crippen LogP contribution in [0.4, 0.5) is 9.39 Å². The van der Waals surface area contributed by atoms with Gasteiger partial charge in [0.2, 0.25) is 0 Å². The van der Waals surface area contributed by atoms with E-state index in [-0.39, 0.29) is 12.2 Å². The Bertz CT molecular complexity index is 875. The summed E-state index contributed by atoms with van der Waals surface area (Å²) >= 11 is 1.24. The molecule has 1 amide bonds. The van der Waals surface area contributed by atoms with Gasteiger partial charge in [0.05, 0.1) is 17.7 Å². The topological polar surface area (TPSA) is 81.7 Å². The fourth-order valence-corrected chi connectivity index (χ4v) is 3.61. The minimum absolute atomic E-state index is 0.0159. The molecule has 0 unspecified atom stereocenters. The molecule has 1 aliphatic carbocycles. The zero-order valence-corrected chi connectivity index (χ0v) is 15.4. The van der Waals surface area contributed by atoms with Gasteiger partial charge in [0.15, 0.2) is 6.61 Å². The second-order valence-electron chi connectivity index (χ2n) is 6.02. The van der Waals surface area contributed by atoms with E-state index in [1.807, 2.05) is 5.38 Å². The second-order valence-corrected chi connectivity index (χ2v) is 6.90. The summed E-state index contributed by atoms with van der Waals surface area (Å²) in [6.07, 6.45) is 2.00. The van der Waals surface area contributed by atoms with Gasteiger partial charge in [-0.05, 0) is 54.8 Å². The van der Waals surface area contributed by atoms with Gasteiger partial charge in [-0.15, -0.1) is 11.3 Å². The number of amides is 1. The summed E-state index contributed by atoms with van der Waals surface area (Å²) in [6, 6.07) is 5.00. The van der Waals surface area contributed by atoms with Crippen molar-refractivity contribution >= 4 is 34.2 Å². The molecule has 1 heterocycles. The van der Waals surface area contributed by atoms with Gasteiger partial charge >= 0.3 is 11.9 Å². The molecule has 8 heteroatoms. The number of carbonyl (C=O) groups is 3. The first-order chi connectivity index (χ1) is 13.0. The number of ether oxygens (including phenoxy) is 2. The van der Waals surface area contributed by atoms with Crippen molar-refractivity contribution in [2.75, 3.05) is 18.5 Å². The average molecular weight is 391 g/mol. The Kier molecular flexibility index (Phi) is 5.85. The van der Waals surface area contributed by atoms with E-state index in [1.165, 1.54) is 29.5 Å². The van der Waals surface area contributed by atoms with Crippen LogP contribution < -0.4 is 5.32 Å². The number of benzene rings is 1. The van der Waals surface area contributed by atoms with E-state index in [1.54, 1.807) is 6.92 Å². The number of hydrogen-bond acceptors (Lipinski definition) is 6. The van der Waals surface area contributed by atoms with Crippen LogP contribution in [0.3, 0.4) is 0 Å². The minimum Gasteiger partial charge on any atom is -0.462 e. The monoisotopic (exact) mass is 391 g/mol. The first kappa shape index (κ1) is 19.0. The van der Waals surface area contributed by atoms with E-state index in [0.717, 1.165) is 24.5 Å². The quantitative estimate of drug-likeness (QED) is 0.727. The van der Waals surface area contributed by atoms with Gasteiger partial charge in [-0.3, -0.25) is 4.79 Å². The normalized spacial score (nSPS) is 13.1. The second kappa shape index (κ2) is 8.30. The van der Waals surface area contributed by atoms with Crippen LogP contribution in [0.25, 0.3) is 0 Å². The third kappa shape index (κ3) is 4.71. The molecule has 1 aromatic heterocycles. The molecule has 1 aromatic carbocycles. The Hall–Kier alpha value is -2.74.